The monoisotopic (exact) mass is 301 g/mol. The number of alkyl halides is 5. The molecular weight excluding hydrogens is 289 g/mol. The average molecular weight is 301 g/mol. The standard InChI is InChI=1S/C11H12F5NO3/c1-19-5-3-6(18)8(7(4-5)20-2)9(17)10(12,13)11(14,15)16/h3-4,9,18H,17H2,1-2H3/t9-/m0/s1. The van der Waals surface area contributed by atoms with Gasteiger partial charge in [-0.3, -0.25) is 0 Å². The first-order valence-corrected chi connectivity index (χ1v) is 5.21. The zero-order chi connectivity index (χ0) is 15.7. The van der Waals surface area contributed by atoms with Gasteiger partial charge in [-0.15, -0.1) is 0 Å². The SMILES string of the molecule is COc1cc(O)c([C@H](N)C(F)(F)C(F)(F)F)c(OC)c1. The zero-order valence-electron chi connectivity index (χ0n) is 10.5. The number of phenols is 1. The number of phenolic OH excluding ortho intramolecular Hbond substituents is 1. The molecule has 1 atom stereocenters. The van der Waals surface area contributed by atoms with Crippen molar-refractivity contribution in [3.8, 4) is 17.2 Å². The lowest BCUT2D eigenvalue weighted by atomic mass is 9.98. The van der Waals surface area contributed by atoms with Crippen LogP contribution in [0.15, 0.2) is 12.1 Å². The predicted octanol–water partition coefficient (Wildman–Crippen LogP) is 2.61. The van der Waals surface area contributed by atoms with Gasteiger partial charge in [-0.25, -0.2) is 0 Å². The average Bonchev–Trinajstić information content (AvgIpc) is 2.35. The lowest BCUT2D eigenvalue weighted by molar-refractivity contribution is -0.291. The first-order valence-electron chi connectivity index (χ1n) is 5.21. The predicted molar refractivity (Wildman–Crippen MR) is 59.1 cm³/mol. The lowest BCUT2D eigenvalue weighted by Gasteiger charge is -2.27. The molecule has 0 saturated carbocycles. The normalized spacial score (nSPS) is 14.0. The van der Waals surface area contributed by atoms with Crippen molar-refractivity contribution in [1.82, 2.24) is 0 Å². The molecule has 3 N–H and O–H groups in total. The van der Waals surface area contributed by atoms with Gasteiger partial charge in [-0.05, 0) is 0 Å². The van der Waals surface area contributed by atoms with E-state index in [0.717, 1.165) is 19.2 Å². The van der Waals surface area contributed by atoms with Crippen LogP contribution >= 0.6 is 0 Å². The molecule has 1 rings (SSSR count). The highest BCUT2D eigenvalue weighted by Crippen LogP contribution is 2.48. The number of benzene rings is 1. The molecule has 0 radical (unpaired) electrons. The second-order valence-corrected chi connectivity index (χ2v) is 3.86. The topological polar surface area (TPSA) is 64.7 Å². The van der Waals surface area contributed by atoms with Crippen molar-refractivity contribution in [2.24, 2.45) is 5.73 Å². The van der Waals surface area contributed by atoms with Crippen LogP contribution in [-0.4, -0.2) is 31.4 Å². The number of halogens is 5. The van der Waals surface area contributed by atoms with E-state index < -0.39 is 35.2 Å². The maximum Gasteiger partial charge on any atom is 0.455 e. The molecule has 0 aliphatic rings. The van der Waals surface area contributed by atoms with E-state index in [1.54, 1.807) is 0 Å². The molecule has 4 nitrogen and oxygen atoms in total. The van der Waals surface area contributed by atoms with Crippen molar-refractivity contribution < 1.29 is 36.5 Å². The Kier molecular flexibility index (Phi) is 4.33. The third kappa shape index (κ3) is 2.72. The van der Waals surface area contributed by atoms with E-state index >= 15 is 0 Å². The Bertz CT molecular complexity index is 490. The molecule has 0 aliphatic heterocycles. The highest BCUT2D eigenvalue weighted by Gasteiger charge is 2.62. The van der Waals surface area contributed by atoms with Crippen LogP contribution in [-0.2, 0) is 0 Å². The minimum Gasteiger partial charge on any atom is -0.507 e. The Labute approximate surface area is 110 Å². The fourth-order valence-corrected chi connectivity index (χ4v) is 1.54. The number of methoxy groups -OCH3 is 2. The summed E-state index contributed by atoms with van der Waals surface area (Å²) in [6, 6.07) is -0.908. The maximum absolute atomic E-state index is 13.2. The highest BCUT2D eigenvalue weighted by molar-refractivity contribution is 5.52. The van der Waals surface area contributed by atoms with Crippen molar-refractivity contribution in [3.63, 3.8) is 0 Å². The number of aromatic hydroxyl groups is 1. The zero-order valence-corrected chi connectivity index (χ0v) is 10.5. The summed E-state index contributed by atoms with van der Waals surface area (Å²) in [6.45, 7) is 0. The van der Waals surface area contributed by atoms with Crippen LogP contribution in [0.25, 0.3) is 0 Å². The Morgan fingerprint density at radius 2 is 1.65 bits per heavy atom. The molecule has 0 unspecified atom stereocenters. The molecule has 1 aromatic rings. The summed E-state index contributed by atoms with van der Waals surface area (Å²) in [5.41, 5.74) is 4.13. The van der Waals surface area contributed by atoms with Gasteiger partial charge in [0.1, 0.15) is 23.3 Å². The first kappa shape index (κ1) is 16.3. The summed E-state index contributed by atoms with van der Waals surface area (Å²) in [7, 11) is 2.26. The first-order chi connectivity index (χ1) is 9.06. The Morgan fingerprint density at radius 1 is 1.10 bits per heavy atom. The van der Waals surface area contributed by atoms with E-state index in [0.29, 0.717) is 0 Å². The molecule has 0 amide bonds. The van der Waals surface area contributed by atoms with Crippen molar-refractivity contribution in [3.05, 3.63) is 17.7 Å². The van der Waals surface area contributed by atoms with Gasteiger partial charge in [0.2, 0.25) is 0 Å². The number of hydrogen-bond acceptors (Lipinski definition) is 4. The van der Waals surface area contributed by atoms with Crippen LogP contribution in [0.2, 0.25) is 0 Å². The van der Waals surface area contributed by atoms with E-state index in [-0.39, 0.29) is 5.75 Å². The summed E-state index contributed by atoms with van der Waals surface area (Å²) >= 11 is 0. The molecular formula is C11H12F5NO3. The fourth-order valence-electron chi connectivity index (χ4n) is 1.54. The lowest BCUT2D eigenvalue weighted by Crippen LogP contribution is -2.46. The van der Waals surface area contributed by atoms with Crippen molar-refractivity contribution in [2.75, 3.05) is 14.2 Å². The summed E-state index contributed by atoms with van der Waals surface area (Å²) in [5, 5.41) is 9.59. The molecule has 0 heterocycles. The smallest absolute Gasteiger partial charge is 0.455 e. The number of ether oxygens (including phenoxy) is 2. The van der Waals surface area contributed by atoms with Crippen LogP contribution in [0, 0.1) is 0 Å². The second-order valence-electron chi connectivity index (χ2n) is 3.86. The van der Waals surface area contributed by atoms with Crippen LogP contribution < -0.4 is 15.2 Å². The van der Waals surface area contributed by atoms with Crippen molar-refractivity contribution in [2.45, 2.75) is 18.1 Å². The molecule has 1 aromatic carbocycles. The molecule has 0 spiro atoms. The molecule has 0 saturated heterocycles. The fraction of sp³-hybridized carbons (Fsp3) is 0.455. The minimum absolute atomic E-state index is 0.0191. The van der Waals surface area contributed by atoms with E-state index in [1.165, 1.54) is 7.11 Å². The van der Waals surface area contributed by atoms with Gasteiger partial charge in [0, 0.05) is 12.1 Å². The maximum atomic E-state index is 13.2. The summed E-state index contributed by atoms with van der Waals surface area (Å²) < 4.78 is 72.8. The highest BCUT2D eigenvalue weighted by atomic mass is 19.4. The largest absolute Gasteiger partial charge is 0.507 e. The number of nitrogens with two attached hydrogens (primary N) is 1. The summed E-state index contributed by atoms with van der Waals surface area (Å²) in [6.07, 6.45) is -5.86. The molecule has 0 fully saturated rings. The Hall–Kier alpha value is -1.77. The molecule has 9 heteroatoms. The molecule has 0 aliphatic carbocycles. The van der Waals surface area contributed by atoms with Gasteiger partial charge in [-0.1, -0.05) is 0 Å². The number of rotatable bonds is 4. The Balaban J connectivity index is 3.39. The van der Waals surface area contributed by atoms with Gasteiger partial charge < -0.3 is 20.3 Å². The summed E-state index contributed by atoms with van der Waals surface area (Å²) in [4.78, 5) is 0. The van der Waals surface area contributed by atoms with Crippen LogP contribution in [0.5, 0.6) is 17.2 Å². The molecule has 114 valence electrons. The van der Waals surface area contributed by atoms with Crippen LogP contribution in [0.4, 0.5) is 22.0 Å². The van der Waals surface area contributed by atoms with E-state index in [1.807, 2.05) is 0 Å². The van der Waals surface area contributed by atoms with E-state index in [2.05, 4.69) is 4.74 Å². The molecule has 0 bridgehead atoms. The second kappa shape index (κ2) is 5.31. The quantitative estimate of drug-likeness (QED) is 0.839. The van der Waals surface area contributed by atoms with Gasteiger partial charge in [0.25, 0.3) is 0 Å². The third-order valence-electron chi connectivity index (χ3n) is 2.63. The van der Waals surface area contributed by atoms with Gasteiger partial charge in [0.05, 0.1) is 19.8 Å². The molecule has 20 heavy (non-hydrogen) atoms. The minimum atomic E-state index is -5.86. The van der Waals surface area contributed by atoms with Crippen LogP contribution in [0.3, 0.4) is 0 Å². The van der Waals surface area contributed by atoms with Crippen molar-refractivity contribution >= 4 is 0 Å². The van der Waals surface area contributed by atoms with Gasteiger partial charge >= 0.3 is 12.1 Å². The van der Waals surface area contributed by atoms with E-state index in [9.17, 15) is 27.1 Å². The third-order valence-corrected chi connectivity index (χ3v) is 2.63. The van der Waals surface area contributed by atoms with Gasteiger partial charge in [-0.2, -0.15) is 22.0 Å². The summed E-state index contributed by atoms with van der Waals surface area (Å²) in [5.74, 6) is -6.52. The molecule has 0 aromatic heterocycles. The number of hydrogen-bond donors (Lipinski definition) is 2. The van der Waals surface area contributed by atoms with Gasteiger partial charge in [0.15, 0.2) is 0 Å². The Morgan fingerprint density at radius 3 is 2.05 bits per heavy atom. The van der Waals surface area contributed by atoms with E-state index in [4.69, 9.17) is 10.5 Å². The van der Waals surface area contributed by atoms with Crippen molar-refractivity contribution in [1.29, 1.82) is 0 Å². The van der Waals surface area contributed by atoms with Crippen LogP contribution in [0.1, 0.15) is 11.6 Å².